The van der Waals surface area contributed by atoms with E-state index in [4.69, 9.17) is 5.26 Å². The highest BCUT2D eigenvalue weighted by atomic mass is 79.9. The Morgan fingerprint density at radius 3 is 2.75 bits per heavy atom. The number of para-hydroxylation sites is 1. The Labute approximate surface area is 124 Å². The molecule has 2 aromatic rings. The van der Waals surface area contributed by atoms with Crippen molar-refractivity contribution in [1.29, 1.82) is 5.26 Å². The van der Waals surface area contributed by atoms with Crippen LogP contribution in [0.4, 0.5) is 17.1 Å². The van der Waals surface area contributed by atoms with Gasteiger partial charge in [-0.3, -0.25) is 9.69 Å². The molecule has 0 aromatic heterocycles. The minimum atomic E-state index is -0.0332. The predicted octanol–water partition coefficient (Wildman–Crippen LogP) is 3.41. The van der Waals surface area contributed by atoms with Crippen molar-refractivity contribution >= 4 is 38.9 Å². The highest BCUT2D eigenvalue weighted by Gasteiger charge is 2.26. The summed E-state index contributed by atoms with van der Waals surface area (Å²) in [5.74, 6) is -0.0332. The fourth-order valence-electron chi connectivity index (χ4n) is 2.22. The standard InChI is InChI=1S/C15H10BrN3O/c16-11-3-1-2-4-13(11)19-14-6-5-10(8-17)7-12(14)18-9-15(19)20/h1-7,18H,9H2. The second-order valence-electron chi connectivity index (χ2n) is 4.38. The van der Waals surface area contributed by atoms with Crippen molar-refractivity contribution in [1.82, 2.24) is 0 Å². The summed E-state index contributed by atoms with van der Waals surface area (Å²) in [4.78, 5) is 13.9. The van der Waals surface area contributed by atoms with E-state index in [0.29, 0.717) is 5.56 Å². The van der Waals surface area contributed by atoms with Crippen molar-refractivity contribution in [2.75, 3.05) is 16.8 Å². The highest BCUT2D eigenvalue weighted by molar-refractivity contribution is 9.10. The summed E-state index contributed by atoms with van der Waals surface area (Å²) in [5.41, 5.74) is 2.91. The average Bonchev–Trinajstić information content (AvgIpc) is 2.48. The van der Waals surface area contributed by atoms with Crippen molar-refractivity contribution in [3.05, 3.63) is 52.5 Å². The zero-order valence-corrected chi connectivity index (χ0v) is 12.0. The summed E-state index contributed by atoms with van der Waals surface area (Å²) >= 11 is 3.47. The van der Waals surface area contributed by atoms with Crippen LogP contribution in [0.2, 0.25) is 0 Å². The summed E-state index contributed by atoms with van der Waals surface area (Å²) in [6.45, 7) is 0.212. The van der Waals surface area contributed by atoms with Gasteiger partial charge in [-0.2, -0.15) is 5.26 Å². The third-order valence-corrected chi connectivity index (χ3v) is 3.81. The van der Waals surface area contributed by atoms with Crippen molar-refractivity contribution in [2.24, 2.45) is 0 Å². The van der Waals surface area contributed by atoms with E-state index in [-0.39, 0.29) is 12.5 Å². The monoisotopic (exact) mass is 327 g/mol. The molecule has 1 aliphatic rings. The van der Waals surface area contributed by atoms with Gasteiger partial charge in [-0.05, 0) is 46.3 Å². The maximum atomic E-state index is 12.2. The van der Waals surface area contributed by atoms with Gasteiger partial charge in [0.15, 0.2) is 0 Å². The number of carbonyl (C=O) groups excluding carboxylic acids is 1. The van der Waals surface area contributed by atoms with E-state index < -0.39 is 0 Å². The van der Waals surface area contributed by atoms with Gasteiger partial charge < -0.3 is 5.32 Å². The summed E-state index contributed by atoms with van der Waals surface area (Å²) in [5, 5.41) is 12.0. The lowest BCUT2D eigenvalue weighted by atomic mass is 10.1. The Bertz CT molecular complexity index is 736. The Morgan fingerprint density at radius 1 is 1.20 bits per heavy atom. The molecule has 0 unspecified atom stereocenters. The molecule has 0 saturated heterocycles. The number of nitriles is 1. The topological polar surface area (TPSA) is 56.1 Å². The SMILES string of the molecule is N#Cc1ccc2c(c1)NCC(=O)N2c1ccccc1Br. The maximum absolute atomic E-state index is 12.2. The van der Waals surface area contributed by atoms with Crippen LogP contribution in [0.1, 0.15) is 5.56 Å². The molecular formula is C15H10BrN3O. The molecule has 20 heavy (non-hydrogen) atoms. The van der Waals surface area contributed by atoms with Gasteiger partial charge in [-0.15, -0.1) is 0 Å². The quantitative estimate of drug-likeness (QED) is 0.873. The fraction of sp³-hybridized carbons (Fsp3) is 0.0667. The molecular weight excluding hydrogens is 318 g/mol. The summed E-state index contributed by atoms with van der Waals surface area (Å²) < 4.78 is 0.852. The molecule has 98 valence electrons. The number of amides is 1. The number of nitrogens with one attached hydrogen (secondary N) is 1. The molecule has 1 aliphatic heterocycles. The van der Waals surface area contributed by atoms with Crippen LogP contribution in [0.3, 0.4) is 0 Å². The number of rotatable bonds is 1. The number of benzene rings is 2. The Hall–Kier alpha value is -2.32. The van der Waals surface area contributed by atoms with Gasteiger partial charge in [0.2, 0.25) is 0 Å². The van der Waals surface area contributed by atoms with E-state index in [2.05, 4.69) is 27.3 Å². The van der Waals surface area contributed by atoms with Gasteiger partial charge in [-0.25, -0.2) is 0 Å². The smallest absolute Gasteiger partial charge is 0.250 e. The molecule has 0 bridgehead atoms. The zero-order valence-electron chi connectivity index (χ0n) is 10.4. The lowest BCUT2D eigenvalue weighted by molar-refractivity contribution is -0.116. The molecule has 1 amide bonds. The molecule has 0 aliphatic carbocycles. The van der Waals surface area contributed by atoms with E-state index >= 15 is 0 Å². The minimum Gasteiger partial charge on any atom is -0.374 e. The number of carbonyl (C=O) groups is 1. The molecule has 0 fully saturated rings. The van der Waals surface area contributed by atoms with Crippen molar-refractivity contribution in [3.8, 4) is 6.07 Å². The lowest BCUT2D eigenvalue weighted by Gasteiger charge is -2.31. The number of halogens is 1. The predicted molar refractivity (Wildman–Crippen MR) is 80.9 cm³/mol. The van der Waals surface area contributed by atoms with Crippen LogP contribution in [0.15, 0.2) is 46.9 Å². The number of nitrogens with zero attached hydrogens (tertiary/aromatic N) is 2. The first-order valence-electron chi connectivity index (χ1n) is 6.06. The van der Waals surface area contributed by atoms with E-state index in [1.807, 2.05) is 24.3 Å². The maximum Gasteiger partial charge on any atom is 0.250 e. The van der Waals surface area contributed by atoms with Crippen LogP contribution >= 0.6 is 15.9 Å². The van der Waals surface area contributed by atoms with Gasteiger partial charge in [0.25, 0.3) is 5.91 Å². The number of fused-ring (bicyclic) bond motifs is 1. The van der Waals surface area contributed by atoms with Crippen LogP contribution in [-0.2, 0) is 4.79 Å². The highest BCUT2D eigenvalue weighted by Crippen LogP contribution is 2.38. The summed E-state index contributed by atoms with van der Waals surface area (Å²) in [7, 11) is 0. The van der Waals surface area contributed by atoms with Crippen LogP contribution in [-0.4, -0.2) is 12.5 Å². The molecule has 0 atom stereocenters. The normalized spacial score (nSPS) is 13.4. The van der Waals surface area contributed by atoms with E-state index in [1.54, 1.807) is 23.1 Å². The first-order chi connectivity index (χ1) is 9.70. The Kier molecular flexibility index (Phi) is 3.17. The second-order valence-corrected chi connectivity index (χ2v) is 5.23. The largest absolute Gasteiger partial charge is 0.374 e. The van der Waals surface area contributed by atoms with Crippen LogP contribution in [0, 0.1) is 11.3 Å². The fourth-order valence-corrected chi connectivity index (χ4v) is 2.69. The molecule has 2 aromatic carbocycles. The Balaban J connectivity index is 2.16. The van der Waals surface area contributed by atoms with E-state index in [9.17, 15) is 4.79 Å². The average molecular weight is 328 g/mol. The molecule has 1 heterocycles. The van der Waals surface area contributed by atoms with Gasteiger partial charge in [0, 0.05) is 4.47 Å². The van der Waals surface area contributed by atoms with Crippen molar-refractivity contribution < 1.29 is 4.79 Å². The molecule has 0 saturated carbocycles. The molecule has 0 spiro atoms. The van der Waals surface area contributed by atoms with Crippen LogP contribution < -0.4 is 10.2 Å². The number of hydrogen-bond donors (Lipinski definition) is 1. The zero-order chi connectivity index (χ0) is 14.1. The number of hydrogen-bond acceptors (Lipinski definition) is 3. The first kappa shape index (κ1) is 12.7. The summed E-state index contributed by atoms with van der Waals surface area (Å²) in [6, 6.07) is 14.9. The molecule has 0 radical (unpaired) electrons. The van der Waals surface area contributed by atoms with Gasteiger partial charge in [-0.1, -0.05) is 12.1 Å². The van der Waals surface area contributed by atoms with E-state index in [1.165, 1.54) is 0 Å². The number of anilines is 3. The second kappa shape index (κ2) is 4.99. The van der Waals surface area contributed by atoms with Gasteiger partial charge in [0.1, 0.15) is 0 Å². The van der Waals surface area contributed by atoms with Crippen molar-refractivity contribution in [2.45, 2.75) is 0 Å². The molecule has 5 heteroatoms. The van der Waals surface area contributed by atoms with Crippen LogP contribution in [0.5, 0.6) is 0 Å². The molecule has 1 N–H and O–H groups in total. The third-order valence-electron chi connectivity index (χ3n) is 3.14. The first-order valence-corrected chi connectivity index (χ1v) is 6.85. The van der Waals surface area contributed by atoms with Crippen molar-refractivity contribution in [3.63, 3.8) is 0 Å². The third kappa shape index (κ3) is 2.04. The van der Waals surface area contributed by atoms with Gasteiger partial charge >= 0.3 is 0 Å². The van der Waals surface area contributed by atoms with Crippen LogP contribution in [0.25, 0.3) is 0 Å². The molecule has 4 nitrogen and oxygen atoms in total. The Morgan fingerprint density at radius 2 is 2.00 bits per heavy atom. The summed E-state index contributed by atoms with van der Waals surface area (Å²) in [6.07, 6.45) is 0. The minimum absolute atomic E-state index is 0.0332. The van der Waals surface area contributed by atoms with E-state index in [0.717, 1.165) is 21.5 Å². The lowest BCUT2D eigenvalue weighted by Crippen LogP contribution is -2.36. The van der Waals surface area contributed by atoms with Gasteiger partial charge in [0.05, 0.1) is 35.2 Å². The molecule has 3 rings (SSSR count).